The Morgan fingerprint density at radius 2 is 0.556 bits per heavy atom. The first kappa shape index (κ1) is 101. The molecule has 13 aromatic rings. The molecule has 7 unspecified atom stereocenters. The predicted octanol–water partition coefficient (Wildman–Crippen LogP) is 19.2. The van der Waals surface area contributed by atoms with Crippen LogP contribution >= 0.6 is 116 Å². The normalized spacial score (nSPS) is 19.8. The smallest absolute Gasteiger partial charge is 0.247 e. The van der Waals surface area contributed by atoms with Gasteiger partial charge in [0.05, 0.1) is 65.1 Å². The Labute approximate surface area is 859 Å². The summed E-state index contributed by atoms with van der Waals surface area (Å²) in [5, 5.41) is 5.29. The van der Waals surface area contributed by atoms with Gasteiger partial charge in [0, 0.05) is 69.0 Å². The summed E-state index contributed by atoms with van der Waals surface area (Å²) >= 11 is 13.3. The highest BCUT2D eigenvalue weighted by atomic mass is 32.2. The average Bonchev–Trinajstić information content (AvgIpc) is 1.65. The Hall–Kier alpha value is -12.4. The van der Waals surface area contributed by atoms with Gasteiger partial charge in [0.15, 0.2) is 27.7 Å². The summed E-state index contributed by atoms with van der Waals surface area (Å²) in [6.45, 7) is 5.74. The molecule has 14 amide bonds. The van der Waals surface area contributed by atoms with E-state index in [9.17, 15) is 67.1 Å². The van der Waals surface area contributed by atoms with Crippen LogP contribution in [0, 0.1) is 0 Å². The van der Waals surface area contributed by atoms with E-state index in [2.05, 4.69) is 43.9 Å². The largest absolute Gasteiger partial charge is 0.341 e. The summed E-state index contributed by atoms with van der Waals surface area (Å²) in [7, 11) is 0. The minimum atomic E-state index is -0.691. The van der Waals surface area contributed by atoms with Crippen molar-refractivity contribution in [1.29, 1.82) is 0 Å². The van der Waals surface area contributed by atoms with Gasteiger partial charge in [-0.15, -0.1) is 44.6 Å². The topological polar surface area (TPSA) is 355 Å². The zero-order chi connectivity index (χ0) is 98.9. The van der Waals surface area contributed by atoms with Gasteiger partial charge in [0.1, 0.15) is 26.2 Å². The number of unbranched alkanes of at least 4 members (excludes halogenated alkanes) is 2. The Morgan fingerprint density at radius 3 is 0.873 bits per heavy atom. The van der Waals surface area contributed by atoms with E-state index in [0.29, 0.717) is 65.5 Å². The van der Waals surface area contributed by atoms with Crippen LogP contribution in [0.4, 0.5) is 40.1 Å². The highest BCUT2D eigenvalue weighted by molar-refractivity contribution is 8.05. The number of nitrogens with zero attached hydrogens (tertiary/aromatic N) is 15. The van der Waals surface area contributed by atoms with Gasteiger partial charge in [-0.05, 0) is 135 Å². The van der Waals surface area contributed by atoms with Crippen molar-refractivity contribution >= 4 is 260 Å². The van der Waals surface area contributed by atoms with Crippen LogP contribution in [0.15, 0.2) is 293 Å². The first-order chi connectivity index (χ1) is 69.1. The molecule has 9 aromatic carbocycles. The number of thioether (sulfide) groups is 7. The lowest BCUT2D eigenvalue weighted by Crippen LogP contribution is -2.41. The Balaban J connectivity index is 0.000000126. The van der Waals surface area contributed by atoms with Crippen LogP contribution in [-0.2, 0) is 67.1 Å². The molecule has 39 heteroatoms. The molecule has 8 aliphatic rings. The molecular formula is C103H93N15O14S10. The third-order valence-corrected chi connectivity index (χ3v) is 35.0. The monoisotopic (exact) mass is 2080 g/mol. The van der Waals surface area contributed by atoms with Crippen molar-refractivity contribution in [2.45, 2.75) is 192 Å². The van der Waals surface area contributed by atoms with Crippen LogP contribution in [0.2, 0.25) is 0 Å². The summed E-state index contributed by atoms with van der Waals surface area (Å²) in [6.07, 6.45) is 10.3. The Kier molecular flexibility index (Phi) is 33.9. The molecule has 7 aliphatic heterocycles. The molecule has 142 heavy (non-hydrogen) atoms. The number of para-hydroxylation sites is 8. The van der Waals surface area contributed by atoms with Gasteiger partial charge < -0.3 is 4.90 Å². The van der Waals surface area contributed by atoms with Crippen molar-refractivity contribution < 1.29 is 67.1 Å². The number of carbonyl (C=O) groups excluding carboxylic acids is 14. The molecule has 8 fully saturated rings. The molecule has 0 radical (unpaired) electrons. The van der Waals surface area contributed by atoms with E-state index in [1.54, 1.807) is 149 Å². The molecule has 0 bridgehead atoms. The molecule has 0 spiro atoms. The van der Waals surface area contributed by atoms with Crippen molar-refractivity contribution in [2.75, 3.05) is 47.4 Å². The van der Waals surface area contributed by atoms with E-state index in [4.69, 9.17) is 9.97 Å². The number of fused-ring (bicyclic) bond motifs is 2. The summed E-state index contributed by atoms with van der Waals surface area (Å²) in [4.78, 5) is 212. The van der Waals surface area contributed by atoms with E-state index in [1.165, 1.54) is 106 Å². The SMILES string of the molecule is CCCCN(CCCC)c1nc(SC2CC(=O)N(c3ccccc3)C2=O)nc(SC2CC(=O)N(c3ccccc3)C2=O)n1.O=C1CC(Sc2ccccc2)C(=O)N1c1ccccc1.O=C1CC(Sc2nc3ccccc3s2)C(=O)N1C1CCCCC1.O=C1CC(Sc2nc3ccccc3s2)C(=O)N1c1ccccc1.O=C1CC(Sc2nnc(SC3CC(=O)N(c4ccccc4)C3=O)s2)C(=O)N1c1ccccc1. The molecule has 1 saturated carbocycles. The number of carbonyl (C=O) groups is 14. The molecular weight excluding hydrogens is 1990 g/mol. The number of anilines is 7. The number of amides is 14. The molecule has 4 aromatic heterocycles. The van der Waals surface area contributed by atoms with Gasteiger partial charge in [-0.1, -0.05) is 280 Å². The number of aromatic nitrogens is 7. The lowest BCUT2D eigenvalue weighted by atomic mass is 9.94. The maximum atomic E-state index is 13.3. The fraction of sp³-hybridized carbons (Fsp3) is 0.272. The van der Waals surface area contributed by atoms with Crippen molar-refractivity contribution in [1.82, 2.24) is 40.0 Å². The second kappa shape index (κ2) is 47.6. The zero-order valence-electron chi connectivity index (χ0n) is 76.7. The second-order valence-electron chi connectivity index (χ2n) is 33.4. The van der Waals surface area contributed by atoms with Crippen LogP contribution in [-0.4, -0.2) is 179 Å². The van der Waals surface area contributed by atoms with Gasteiger partial charge >= 0.3 is 0 Å². The van der Waals surface area contributed by atoms with E-state index < -0.39 is 26.2 Å². The number of likely N-dealkylation sites (tertiary alicyclic amines) is 1. The van der Waals surface area contributed by atoms with E-state index in [1.807, 2.05) is 140 Å². The van der Waals surface area contributed by atoms with Gasteiger partial charge in [0.2, 0.25) is 88.6 Å². The highest BCUT2D eigenvalue weighted by Crippen LogP contribution is 2.45. The number of hydrogen-bond donors (Lipinski definition) is 0. The second-order valence-corrected chi connectivity index (χ2v) is 45.9. The number of thiazole rings is 2. The van der Waals surface area contributed by atoms with E-state index in [-0.39, 0.29) is 138 Å². The summed E-state index contributed by atoms with van der Waals surface area (Å²) in [6, 6.07) is 79.2. The summed E-state index contributed by atoms with van der Waals surface area (Å²) < 4.78 is 4.99. The highest BCUT2D eigenvalue weighted by Gasteiger charge is 2.49. The minimum absolute atomic E-state index is 0.000473. The van der Waals surface area contributed by atoms with E-state index in [0.717, 1.165) is 122 Å². The first-order valence-electron chi connectivity index (χ1n) is 46.2. The molecule has 21 rings (SSSR count). The molecule has 7 atom stereocenters. The van der Waals surface area contributed by atoms with Crippen LogP contribution in [0.1, 0.15) is 117 Å². The van der Waals surface area contributed by atoms with Gasteiger partial charge in [-0.2, -0.15) is 15.0 Å². The standard InChI is InChI=1S/C31H34N6O4S2.C22H16N4O4S3.C17H18N2O2S2.C17H12N2O2S2.C16H13NO2S/c1-3-5-17-35(18-6-4-2)29-32-30(42-23-19-25(38)36(27(23)40)21-13-9-7-10-14-21)34-31(33-29)43-24-20-26(39)37(28(24)41)22-15-11-8-12-16-22;27-17-11-15(19(29)25(17)13-7-3-1-4-8-13)31-21-23-24-22(33-21)32-16-12-18(28)26(20(16)30)14-9-5-2-6-10-14;2*20-15-10-14(16(21)19(15)11-6-2-1-3-7-11)23-17-18-12-8-4-5-9-13(12)22-17;18-15-11-14(20-13-9-5-2-6-10-13)16(19)17(15)12-7-3-1-4-8-12/h7-16,23-24H,3-6,17-20H2,1-2H3;1-10,15-16H,11-12H2;4-5,8-9,11,14H,1-3,6-7,10H2;1-9,14H,10H2;1-10,14H,11H2. The van der Waals surface area contributed by atoms with Crippen LogP contribution in [0.3, 0.4) is 0 Å². The summed E-state index contributed by atoms with van der Waals surface area (Å²) in [5.74, 6) is -2.37. The van der Waals surface area contributed by atoms with Gasteiger partial charge in [-0.3, -0.25) is 72.0 Å². The fourth-order valence-corrected chi connectivity index (χ4v) is 28.1. The van der Waals surface area contributed by atoms with Crippen molar-refractivity contribution in [3.8, 4) is 0 Å². The quantitative estimate of drug-likeness (QED) is 0.0411. The van der Waals surface area contributed by atoms with E-state index >= 15 is 0 Å². The number of benzene rings is 9. The number of imide groups is 7. The minimum Gasteiger partial charge on any atom is -0.341 e. The lowest BCUT2D eigenvalue weighted by molar-refractivity contribution is -0.142. The molecule has 7 saturated heterocycles. The first-order valence-corrected chi connectivity index (χ1v) is 54.9. The third kappa shape index (κ3) is 24.2. The van der Waals surface area contributed by atoms with Crippen molar-refractivity contribution in [2.24, 2.45) is 0 Å². The van der Waals surface area contributed by atoms with Crippen LogP contribution in [0.25, 0.3) is 20.4 Å². The van der Waals surface area contributed by atoms with Gasteiger partial charge in [0.25, 0.3) is 0 Å². The summed E-state index contributed by atoms with van der Waals surface area (Å²) in [5.41, 5.74) is 5.34. The Morgan fingerprint density at radius 1 is 0.282 bits per heavy atom. The molecule has 29 nitrogen and oxygen atoms in total. The van der Waals surface area contributed by atoms with Crippen molar-refractivity contribution in [3.63, 3.8) is 0 Å². The third-order valence-electron chi connectivity index (χ3n) is 23.7. The predicted molar refractivity (Wildman–Crippen MR) is 560 cm³/mol. The number of hydrogen-bond acceptors (Lipinski definition) is 32. The molecule has 11 heterocycles. The average molecular weight is 2090 g/mol. The fourth-order valence-electron chi connectivity index (χ4n) is 16.8. The zero-order valence-corrected chi connectivity index (χ0v) is 84.8. The van der Waals surface area contributed by atoms with Crippen LogP contribution in [0.5, 0.6) is 0 Å². The molecule has 1 aliphatic carbocycles. The number of rotatable bonds is 28. The maximum Gasteiger partial charge on any atom is 0.247 e. The molecule has 0 N–H and O–H groups in total. The lowest BCUT2D eigenvalue weighted by Gasteiger charge is -2.29. The van der Waals surface area contributed by atoms with Gasteiger partial charge in [-0.25, -0.2) is 39.4 Å². The maximum absolute atomic E-state index is 13.3. The van der Waals surface area contributed by atoms with Crippen molar-refractivity contribution in [3.05, 3.63) is 261 Å². The van der Waals surface area contributed by atoms with Crippen LogP contribution < -0.4 is 34.3 Å². The Bertz CT molecular complexity index is 6560. The molecule has 724 valence electrons.